The van der Waals surface area contributed by atoms with Crippen LogP contribution >= 0.6 is 0 Å². The van der Waals surface area contributed by atoms with Crippen LogP contribution in [-0.2, 0) is 12.8 Å². The van der Waals surface area contributed by atoms with Gasteiger partial charge in [0.15, 0.2) is 0 Å². The summed E-state index contributed by atoms with van der Waals surface area (Å²) in [6, 6.07) is 7.81. The first kappa shape index (κ1) is 11.7. The first-order chi connectivity index (χ1) is 7.58. The summed E-state index contributed by atoms with van der Waals surface area (Å²) in [6.07, 6.45) is 3.78. The van der Waals surface area contributed by atoms with Gasteiger partial charge in [0.2, 0.25) is 0 Å². The predicted octanol–water partition coefficient (Wildman–Crippen LogP) is 3.23. The second-order valence-corrected chi connectivity index (χ2v) is 5.54. The van der Waals surface area contributed by atoms with E-state index in [1.165, 1.54) is 24.8 Å². The van der Waals surface area contributed by atoms with E-state index in [2.05, 4.69) is 51.0 Å². The Morgan fingerprint density at radius 2 is 1.94 bits per heavy atom. The maximum atomic E-state index is 2.43. The second kappa shape index (κ2) is 4.58. The van der Waals surface area contributed by atoms with E-state index < -0.39 is 0 Å². The molecule has 1 aromatic carbocycles. The fourth-order valence-corrected chi connectivity index (χ4v) is 2.56. The van der Waals surface area contributed by atoms with Crippen molar-refractivity contribution in [2.24, 2.45) is 0 Å². The smallest absolute Gasteiger partial charge is 0.0133 e. The molecule has 0 spiro atoms. The minimum Gasteiger partial charge on any atom is -0.306 e. The van der Waals surface area contributed by atoms with Crippen molar-refractivity contribution in [3.63, 3.8) is 0 Å². The van der Waals surface area contributed by atoms with Crippen molar-refractivity contribution in [1.29, 1.82) is 0 Å². The van der Waals surface area contributed by atoms with Crippen LogP contribution in [0.1, 0.15) is 42.9 Å². The zero-order chi connectivity index (χ0) is 11.7. The largest absolute Gasteiger partial charge is 0.306 e. The molecule has 1 aromatic rings. The summed E-state index contributed by atoms with van der Waals surface area (Å²) in [4.78, 5) is 2.37. The highest BCUT2D eigenvalue weighted by Crippen LogP contribution is 2.26. The molecule has 1 heteroatoms. The Labute approximate surface area is 99.5 Å². The average Bonchev–Trinajstić information content (AvgIpc) is 2.27. The van der Waals surface area contributed by atoms with E-state index in [-0.39, 0.29) is 0 Å². The van der Waals surface area contributed by atoms with E-state index in [1.54, 1.807) is 11.1 Å². The van der Waals surface area contributed by atoms with Crippen molar-refractivity contribution in [1.82, 2.24) is 4.90 Å². The Hall–Kier alpha value is -0.820. The molecule has 2 rings (SSSR count). The number of nitrogens with zero attached hydrogens (tertiary/aromatic N) is 1. The van der Waals surface area contributed by atoms with Crippen LogP contribution in [0.3, 0.4) is 0 Å². The van der Waals surface area contributed by atoms with Crippen molar-refractivity contribution >= 4 is 0 Å². The molecule has 1 unspecified atom stereocenters. The predicted molar refractivity (Wildman–Crippen MR) is 70.0 cm³/mol. The van der Waals surface area contributed by atoms with Gasteiger partial charge in [-0.05, 0) is 56.0 Å². The van der Waals surface area contributed by atoms with Gasteiger partial charge in [-0.2, -0.15) is 0 Å². The third-order valence-electron chi connectivity index (χ3n) is 3.83. The highest BCUT2D eigenvalue weighted by Gasteiger charge is 2.20. The van der Waals surface area contributed by atoms with Gasteiger partial charge in [0, 0.05) is 6.04 Å². The van der Waals surface area contributed by atoms with Gasteiger partial charge in [-0.15, -0.1) is 0 Å². The number of hydrogen-bond donors (Lipinski definition) is 0. The van der Waals surface area contributed by atoms with Crippen molar-refractivity contribution in [3.05, 3.63) is 34.9 Å². The van der Waals surface area contributed by atoms with Crippen LogP contribution in [0.15, 0.2) is 18.2 Å². The maximum Gasteiger partial charge on any atom is 0.0133 e. The lowest BCUT2D eigenvalue weighted by atomic mass is 9.85. The summed E-state index contributed by atoms with van der Waals surface area (Å²) in [5.74, 6) is 0.644. The summed E-state index contributed by atoms with van der Waals surface area (Å²) >= 11 is 0. The summed E-state index contributed by atoms with van der Waals surface area (Å²) in [5.41, 5.74) is 4.64. The van der Waals surface area contributed by atoms with Crippen molar-refractivity contribution < 1.29 is 0 Å². The van der Waals surface area contributed by atoms with E-state index in [0.717, 1.165) is 6.04 Å². The zero-order valence-corrected chi connectivity index (χ0v) is 11.0. The fourth-order valence-electron chi connectivity index (χ4n) is 2.56. The Morgan fingerprint density at radius 1 is 1.19 bits per heavy atom. The quantitative estimate of drug-likeness (QED) is 0.735. The molecule has 16 heavy (non-hydrogen) atoms. The molecule has 0 radical (unpaired) electrons. The maximum absolute atomic E-state index is 2.43. The first-order valence-electron chi connectivity index (χ1n) is 6.36. The van der Waals surface area contributed by atoms with Crippen LogP contribution in [-0.4, -0.2) is 25.0 Å². The van der Waals surface area contributed by atoms with Gasteiger partial charge in [0.25, 0.3) is 0 Å². The average molecular weight is 217 g/mol. The zero-order valence-electron chi connectivity index (χ0n) is 11.0. The third-order valence-corrected chi connectivity index (χ3v) is 3.83. The molecule has 0 saturated heterocycles. The Morgan fingerprint density at radius 3 is 2.56 bits per heavy atom. The Kier molecular flexibility index (Phi) is 3.34. The van der Waals surface area contributed by atoms with E-state index in [1.807, 2.05) is 0 Å². The first-order valence-corrected chi connectivity index (χ1v) is 6.36. The van der Waals surface area contributed by atoms with Crippen LogP contribution in [0.5, 0.6) is 0 Å². The summed E-state index contributed by atoms with van der Waals surface area (Å²) in [7, 11) is 4.39. The molecule has 0 aromatic heterocycles. The monoisotopic (exact) mass is 217 g/mol. The Bertz CT molecular complexity index is 366. The highest BCUT2D eigenvalue weighted by molar-refractivity contribution is 5.36. The molecule has 88 valence electrons. The van der Waals surface area contributed by atoms with Crippen molar-refractivity contribution in [2.45, 2.75) is 45.1 Å². The molecule has 1 atom stereocenters. The normalized spacial score (nSPS) is 20.2. The number of rotatable bonds is 2. The van der Waals surface area contributed by atoms with Crippen molar-refractivity contribution in [2.75, 3.05) is 14.1 Å². The molecule has 0 amide bonds. The van der Waals surface area contributed by atoms with E-state index in [0.29, 0.717) is 5.92 Å². The Balaban J connectivity index is 2.25. The molecule has 1 aliphatic carbocycles. The van der Waals surface area contributed by atoms with E-state index in [9.17, 15) is 0 Å². The van der Waals surface area contributed by atoms with E-state index in [4.69, 9.17) is 0 Å². The lowest BCUT2D eigenvalue weighted by Crippen LogP contribution is -2.33. The van der Waals surface area contributed by atoms with Crippen LogP contribution in [0.2, 0.25) is 0 Å². The number of aryl methyl sites for hydroxylation is 1. The van der Waals surface area contributed by atoms with Gasteiger partial charge >= 0.3 is 0 Å². The fraction of sp³-hybridized carbons (Fsp3) is 0.600. The molecule has 1 aliphatic rings. The molecule has 0 saturated carbocycles. The highest BCUT2D eigenvalue weighted by atomic mass is 15.1. The summed E-state index contributed by atoms with van der Waals surface area (Å²) < 4.78 is 0. The molecular formula is C15H23N. The van der Waals surface area contributed by atoms with Gasteiger partial charge in [0.05, 0.1) is 0 Å². The van der Waals surface area contributed by atoms with Gasteiger partial charge in [0.1, 0.15) is 0 Å². The molecule has 0 bridgehead atoms. The van der Waals surface area contributed by atoms with E-state index >= 15 is 0 Å². The van der Waals surface area contributed by atoms with Crippen LogP contribution in [0.25, 0.3) is 0 Å². The number of fused-ring (bicyclic) bond motifs is 1. The molecule has 0 heterocycles. The van der Waals surface area contributed by atoms with Crippen LogP contribution in [0, 0.1) is 0 Å². The number of benzene rings is 1. The van der Waals surface area contributed by atoms with Crippen LogP contribution in [0.4, 0.5) is 0 Å². The minimum absolute atomic E-state index is 0.644. The van der Waals surface area contributed by atoms with Gasteiger partial charge in [-0.25, -0.2) is 0 Å². The van der Waals surface area contributed by atoms with Gasteiger partial charge < -0.3 is 4.90 Å². The molecule has 0 fully saturated rings. The number of likely N-dealkylation sites (N-methyl/N-ethyl adjacent to an activating group) is 1. The van der Waals surface area contributed by atoms with Gasteiger partial charge in [-0.3, -0.25) is 0 Å². The molecule has 0 aliphatic heterocycles. The minimum atomic E-state index is 0.644. The molecule has 1 nitrogen and oxygen atoms in total. The van der Waals surface area contributed by atoms with Gasteiger partial charge in [-0.1, -0.05) is 32.0 Å². The molecule has 0 N–H and O–H groups in total. The lowest BCUT2D eigenvalue weighted by molar-refractivity contribution is 0.268. The standard InChI is InChI=1S/C15H23N/c1-11(2)13-6-5-12-7-8-15(16(3)4)10-14(12)9-13/h5-6,9,11,15H,7-8,10H2,1-4H3. The topological polar surface area (TPSA) is 3.24 Å². The lowest BCUT2D eigenvalue weighted by Gasteiger charge is -2.30. The summed E-state index contributed by atoms with van der Waals surface area (Å²) in [6.45, 7) is 4.54. The number of hydrogen-bond acceptors (Lipinski definition) is 1. The third kappa shape index (κ3) is 2.30. The molecular weight excluding hydrogens is 194 g/mol. The summed E-state index contributed by atoms with van der Waals surface area (Å²) in [5, 5.41) is 0. The SMILES string of the molecule is CC(C)c1ccc2c(c1)CC(N(C)C)CC2. The second-order valence-electron chi connectivity index (χ2n) is 5.54. The van der Waals surface area contributed by atoms with Crippen LogP contribution < -0.4 is 0 Å². The van der Waals surface area contributed by atoms with Crippen molar-refractivity contribution in [3.8, 4) is 0 Å².